The Kier molecular flexibility index (Phi) is 6.94. The highest BCUT2D eigenvalue weighted by Crippen LogP contribution is 2.46. The maximum absolute atomic E-state index is 12.9. The molecule has 0 heterocycles. The van der Waals surface area contributed by atoms with Crippen LogP contribution in [0.2, 0.25) is 0 Å². The molecule has 2 aromatic carbocycles. The van der Waals surface area contributed by atoms with E-state index in [4.69, 9.17) is 9.05 Å². The minimum atomic E-state index is -3.42. The lowest BCUT2D eigenvalue weighted by Gasteiger charge is -2.30. The van der Waals surface area contributed by atoms with Gasteiger partial charge in [-0.2, -0.15) is 0 Å². The van der Waals surface area contributed by atoms with Crippen molar-refractivity contribution in [1.82, 2.24) is 4.90 Å². The van der Waals surface area contributed by atoms with E-state index in [9.17, 15) is 9.36 Å². The summed E-state index contributed by atoms with van der Waals surface area (Å²) in [5.74, 6) is -0.271. The Labute approximate surface area is 149 Å². The van der Waals surface area contributed by atoms with Crippen molar-refractivity contribution in [2.45, 2.75) is 19.5 Å². The number of nitrogens with zero attached hydrogens (tertiary/aromatic N) is 1. The molecule has 25 heavy (non-hydrogen) atoms. The molecule has 6 heteroatoms. The molecule has 0 fully saturated rings. The maximum atomic E-state index is 12.9. The molecule has 0 aromatic heterocycles. The second-order valence-electron chi connectivity index (χ2n) is 5.73. The summed E-state index contributed by atoms with van der Waals surface area (Å²) in [5, 5.41) is 0. The van der Waals surface area contributed by atoms with Gasteiger partial charge in [0.1, 0.15) is 6.16 Å². The van der Waals surface area contributed by atoms with Gasteiger partial charge in [-0.3, -0.25) is 9.36 Å². The summed E-state index contributed by atoms with van der Waals surface area (Å²) in [6.45, 7) is 2.38. The van der Waals surface area contributed by atoms with Crippen molar-refractivity contribution in [3.05, 3.63) is 71.8 Å². The first-order chi connectivity index (χ1) is 12.0. The number of rotatable bonds is 8. The average molecular weight is 361 g/mol. The van der Waals surface area contributed by atoms with E-state index in [1.165, 1.54) is 14.2 Å². The van der Waals surface area contributed by atoms with E-state index >= 15 is 0 Å². The number of carbonyl (C=O) groups excluding carboxylic acids is 1. The molecule has 134 valence electrons. The lowest BCUT2D eigenvalue weighted by Crippen LogP contribution is -2.35. The van der Waals surface area contributed by atoms with Crippen molar-refractivity contribution < 1.29 is 18.4 Å². The fourth-order valence-corrected chi connectivity index (χ4v) is 3.51. The van der Waals surface area contributed by atoms with Crippen molar-refractivity contribution >= 4 is 13.5 Å². The molecular weight excluding hydrogens is 337 g/mol. The highest BCUT2D eigenvalue weighted by Gasteiger charge is 2.31. The van der Waals surface area contributed by atoms with Crippen molar-refractivity contribution in [1.29, 1.82) is 0 Å². The summed E-state index contributed by atoms with van der Waals surface area (Å²) in [7, 11) is -0.836. The molecule has 2 aromatic rings. The van der Waals surface area contributed by atoms with Crippen LogP contribution in [-0.2, 0) is 25.0 Å². The van der Waals surface area contributed by atoms with Gasteiger partial charge in [0, 0.05) is 20.8 Å². The van der Waals surface area contributed by atoms with Gasteiger partial charge in [-0.25, -0.2) is 0 Å². The van der Waals surface area contributed by atoms with E-state index in [0.29, 0.717) is 6.54 Å². The number of carbonyl (C=O) groups is 1. The second kappa shape index (κ2) is 8.95. The molecule has 0 saturated carbocycles. The van der Waals surface area contributed by atoms with Crippen molar-refractivity contribution in [3.63, 3.8) is 0 Å². The third-order valence-electron chi connectivity index (χ3n) is 4.15. The molecule has 0 aliphatic heterocycles. The van der Waals surface area contributed by atoms with E-state index in [1.807, 2.05) is 67.6 Å². The molecule has 1 amide bonds. The second-order valence-corrected chi connectivity index (χ2v) is 8.00. The Morgan fingerprint density at radius 1 is 1.00 bits per heavy atom. The summed E-state index contributed by atoms with van der Waals surface area (Å²) in [6.07, 6.45) is -0.288. The van der Waals surface area contributed by atoms with Crippen LogP contribution >= 0.6 is 7.60 Å². The van der Waals surface area contributed by atoms with Crippen LogP contribution in [0.4, 0.5) is 0 Å². The predicted molar refractivity (Wildman–Crippen MR) is 98.3 cm³/mol. The van der Waals surface area contributed by atoms with Crippen LogP contribution in [0, 0.1) is 0 Å². The number of amides is 1. The Morgan fingerprint density at radius 3 is 2.04 bits per heavy atom. The van der Waals surface area contributed by atoms with Crippen molar-refractivity contribution in [3.8, 4) is 0 Å². The largest absolute Gasteiger partial charge is 0.339 e. The molecule has 2 rings (SSSR count). The van der Waals surface area contributed by atoms with E-state index in [1.54, 1.807) is 4.90 Å². The van der Waals surface area contributed by atoms with E-state index in [2.05, 4.69) is 0 Å². The average Bonchev–Trinajstić information content (AvgIpc) is 2.67. The predicted octanol–water partition coefficient (Wildman–Crippen LogP) is 4.26. The molecule has 0 N–H and O–H groups in total. The van der Waals surface area contributed by atoms with Crippen LogP contribution in [0.3, 0.4) is 0 Å². The van der Waals surface area contributed by atoms with Crippen molar-refractivity contribution in [2.24, 2.45) is 0 Å². The lowest BCUT2D eigenvalue weighted by molar-refractivity contribution is -0.131. The van der Waals surface area contributed by atoms with Gasteiger partial charge in [0.05, 0.1) is 6.04 Å². The third-order valence-corrected chi connectivity index (χ3v) is 5.92. The first-order valence-corrected chi connectivity index (χ1v) is 9.81. The smallest absolute Gasteiger partial charge is 0.331 e. The van der Waals surface area contributed by atoms with Crippen LogP contribution < -0.4 is 0 Å². The Hall–Kier alpha value is -1.94. The van der Waals surface area contributed by atoms with Crippen LogP contribution in [0.1, 0.15) is 24.1 Å². The van der Waals surface area contributed by atoms with Gasteiger partial charge in [0.15, 0.2) is 0 Å². The zero-order valence-corrected chi connectivity index (χ0v) is 15.7. The van der Waals surface area contributed by atoms with Gasteiger partial charge in [0.25, 0.3) is 0 Å². The fourth-order valence-electron chi connectivity index (χ4n) is 2.59. The number of hydrogen-bond acceptors (Lipinski definition) is 4. The normalized spacial score (nSPS) is 12.6. The Bertz CT molecular complexity index is 713. The van der Waals surface area contributed by atoms with Crippen molar-refractivity contribution in [2.75, 3.05) is 20.4 Å². The zero-order chi connectivity index (χ0) is 18.3. The summed E-state index contributed by atoms with van der Waals surface area (Å²) in [6, 6.07) is 19.3. The molecule has 0 saturated heterocycles. The highest BCUT2D eigenvalue weighted by molar-refractivity contribution is 7.54. The monoisotopic (exact) mass is 361 g/mol. The summed E-state index contributed by atoms with van der Waals surface area (Å²) in [5.41, 5.74) is 2.01. The van der Waals surface area contributed by atoms with E-state index < -0.39 is 7.60 Å². The fraction of sp³-hybridized carbons (Fsp3) is 0.316. The summed E-state index contributed by atoms with van der Waals surface area (Å²) >= 11 is 0. The van der Waals surface area contributed by atoms with Gasteiger partial charge in [-0.15, -0.1) is 0 Å². The first kappa shape index (κ1) is 19.4. The Balaban J connectivity index is 2.28. The maximum Gasteiger partial charge on any atom is 0.339 e. The quantitative estimate of drug-likeness (QED) is 0.659. The molecule has 0 radical (unpaired) electrons. The molecule has 0 spiro atoms. The molecular formula is C19H24NO4P. The minimum absolute atomic E-state index is 0.170. The third kappa shape index (κ3) is 5.27. The SMILES string of the molecule is COP(=O)(CC(=O)N(Cc1ccccc1)[C@@H](C)c1ccccc1)OC. The number of hydrogen-bond donors (Lipinski definition) is 0. The van der Waals surface area contributed by atoms with E-state index in [-0.39, 0.29) is 18.1 Å². The van der Waals surface area contributed by atoms with Crippen LogP contribution in [-0.4, -0.2) is 31.2 Å². The van der Waals surface area contributed by atoms with Gasteiger partial charge < -0.3 is 13.9 Å². The van der Waals surface area contributed by atoms with E-state index in [0.717, 1.165) is 11.1 Å². The number of benzene rings is 2. The summed E-state index contributed by atoms with van der Waals surface area (Å²) in [4.78, 5) is 14.6. The standard InChI is InChI=1S/C19H24NO4P/c1-16(18-12-8-5-9-13-18)20(14-17-10-6-4-7-11-17)19(21)15-25(22,23-2)24-3/h4-13,16H,14-15H2,1-3H3/t16-/m0/s1. The molecule has 1 atom stereocenters. The molecule has 0 aliphatic rings. The molecule has 0 unspecified atom stereocenters. The highest BCUT2D eigenvalue weighted by atomic mass is 31.2. The van der Waals surface area contributed by atoms with Gasteiger partial charge in [-0.05, 0) is 18.1 Å². The van der Waals surface area contributed by atoms with Gasteiger partial charge in [0.2, 0.25) is 5.91 Å². The summed E-state index contributed by atoms with van der Waals surface area (Å²) < 4.78 is 22.2. The molecule has 0 bridgehead atoms. The first-order valence-electron chi connectivity index (χ1n) is 8.08. The molecule has 0 aliphatic carbocycles. The van der Waals surface area contributed by atoms with Gasteiger partial charge in [-0.1, -0.05) is 60.7 Å². The van der Waals surface area contributed by atoms with Crippen LogP contribution in [0.15, 0.2) is 60.7 Å². The van der Waals surface area contributed by atoms with Crippen LogP contribution in [0.25, 0.3) is 0 Å². The lowest BCUT2D eigenvalue weighted by atomic mass is 10.1. The minimum Gasteiger partial charge on any atom is -0.331 e. The topological polar surface area (TPSA) is 55.8 Å². The zero-order valence-electron chi connectivity index (χ0n) is 14.8. The molecule has 5 nitrogen and oxygen atoms in total. The van der Waals surface area contributed by atoms with Gasteiger partial charge >= 0.3 is 7.60 Å². The van der Waals surface area contributed by atoms with Crippen LogP contribution in [0.5, 0.6) is 0 Å². The Morgan fingerprint density at radius 2 is 1.52 bits per heavy atom.